The number of aromatic nitrogens is 2. The van der Waals surface area contributed by atoms with Crippen LogP contribution in [0.15, 0.2) is 24.5 Å². The lowest BCUT2D eigenvalue weighted by Gasteiger charge is -2.35. The second-order valence-electron chi connectivity index (χ2n) is 6.97. The third-order valence-electron chi connectivity index (χ3n) is 5.19. The number of benzene rings is 1. The lowest BCUT2D eigenvalue weighted by Crippen LogP contribution is -2.48. The summed E-state index contributed by atoms with van der Waals surface area (Å²) in [6, 6.07) is 4.54. The van der Waals surface area contributed by atoms with E-state index in [2.05, 4.69) is 33.5 Å². The van der Waals surface area contributed by atoms with Gasteiger partial charge in [-0.1, -0.05) is 35.3 Å². The van der Waals surface area contributed by atoms with E-state index in [0.29, 0.717) is 16.1 Å². The minimum Gasteiger partial charge on any atom is -0.325 e. The summed E-state index contributed by atoms with van der Waals surface area (Å²) in [5, 5.41) is 19.6. The number of likely N-dealkylation sites (tertiary alicyclic amines) is 1. The first-order chi connectivity index (χ1) is 13.4. The zero-order chi connectivity index (χ0) is 20.3. The molecule has 1 aliphatic rings. The van der Waals surface area contributed by atoms with Crippen molar-refractivity contribution < 1.29 is 4.79 Å². The highest BCUT2D eigenvalue weighted by Gasteiger charge is 2.27. The SMILES string of the molecule is CN1CCC(N(C)C(=O)NC(C#N)c2ccc(-c3cn[nH]c3)c(Cl)c2Cl)CC1. The number of nitrogens with one attached hydrogen (secondary N) is 2. The van der Waals surface area contributed by atoms with Crippen LogP contribution in [0.25, 0.3) is 11.1 Å². The van der Waals surface area contributed by atoms with Crippen LogP contribution in [0.3, 0.4) is 0 Å². The zero-order valence-corrected chi connectivity index (χ0v) is 17.3. The number of carbonyl (C=O) groups excluding carboxylic acids is 1. The van der Waals surface area contributed by atoms with E-state index < -0.39 is 6.04 Å². The summed E-state index contributed by atoms with van der Waals surface area (Å²) in [7, 11) is 3.83. The lowest BCUT2D eigenvalue weighted by atomic mass is 10.0. The van der Waals surface area contributed by atoms with E-state index in [1.54, 1.807) is 36.5 Å². The molecule has 1 unspecified atom stereocenters. The van der Waals surface area contributed by atoms with Crippen LogP contribution in [0, 0.1) is 11.3 Å². The van der Waals surface area contributed by atoms with Crippen molar-refractivity contribution in [2.45, 2.75) is 24.9 Å². The Morgan fingerprint density at radius 2 is 2.11 bits per heavy atom. The molecule has 3 rings (SSSR count). The fraction of sp³-hybridized carbons (Fsp3) is 0.421. The summed E-state index contributed by atoms with van der Waals surface area (Å²) >= 11 is 12.8. The molecule has 2 aromatic rings. The molecule has 1 aromatic carbocycles. The molecule has 28 heavy (non-hydrogen) atoms. The van der Waals surface area contributed by atoms with Gasteiger partial charge in [-0.3, -0.25) is 5.10 Å². The molecule has 7 nitrogen and oxygen atoms in total. The second-order valence-corrected chi connectivity index (χ2v) is 7.73. The van der Waals surface area contributed by atoms with Gasteiger partial charge in [0.15, 0.2) is 0 Å². The van der Waals surface area contributed by atoms with Crippen molar-refractivity contribution in [2.24, 2.45) is 0 Å². The smallest absolute Gasteiger partial charge is 0.318 e. The molecule has 1 fully saturated rings. The number of nitrogens with zero attached hydrogens (tertiary/aromatic N) is 4. The Hall–Kier alpha value is -2.27. The quantitative estimate of drug-likeness (QED) is 0.789. The van der Waals surface area contributed by atoms with E-state index in [9.17, 15) is 10.1 Å². The zero-order valence-electron chi connectivity index (χ0n) is 15.7. The molecule has 2 heterocycles. The topological polar surface area (TPSA) is 88.0 Å². The van der Waals surface area contributed by atoms with E-state index in [1.165, 1.54) is 0 Å². The standard InChI is InChI=1S/C19H22Cl2N6O/c1-26-7-5-13(6-8-26)27(2)19(28)25-16(9-22)15-4-3-14(17(20)18(15)21)12-10-23-24-11-12/h3-4,10-11,13,16H,5-8H2,1-2H3,(H,23,24)(H,25,28). The van der Waals surface area contributed by atoms with Crippen LogP contribution in [0.4, 0.5) is 4.79 Å². The number of amides is 2. The maximum absolute atomic E-state index is 12.7. The highest BCUT2D eigenvalue weighted by atomic mass is 35.5. The van der Waals surface area contributed by atoms with Crippen molar-refractivity contribution in [1.29, 1.82) is 5.26 Å². The molecule has 2 N–H and O–H groups in total. The van der Waals surface area contributed by atoms with Crippen LogP contribution in [0.2, 0.25) is 10.0 Å². The van der Waals surface area contributed by atoms with Crippen molar-refractivity contribution in [3.63, 3.8) is 0 Å². The molecule has 1 saturated heterocycles. The van der Waals surface area contributed by atoms with Gasteiger partial charge in [0.2, 0.25) is 0 Å². The van der Waals surface area contributed by atoms with E-state index >= 15 is 0 Å². The number of hydrogen-bond acceptors (Lipinski definition) is 4. The second kappa shape index (κ2) is 8.82. The van der Waals surface area contributed by atoms with Crippen LogP contribution < -0.4 is 5.32 Å². The normalized spacial score (nSPS) is 16.4. The minimum atomic E-state index is -0.899. The maximum Gasteiger partial charge on any atom is 0.318 e. The molecule has 0 saturated carbocycles. The van der Waals surface area contributed by atoms with Crippen molar-refractivity contribution in [3.8, 4) is 17.2 Å². The molecule has 0 bridgehead atoms. The predicted octanol–water partition coefficient (Wildman–Crippen LogP) is 3.68. The fourth-order valence-corrected chi connectivity index (χ4v) is 3.92. The predicted molar refractivity (Wildman–Crippen MR) is 109 cm³/mol. The highest BCUT2D eigenvalue weighted by molar-refractivity contribution is 6.44. The van der Waals surface area contributed by atoms with Crippen LogP contribution in [-0.2, 0) is 0 Å². The summed E-state index contributed by atoms with van der Waals surface area (Å²) in [6.45, 7) is 1.89. The molecule has 0 aliphatic carbocycles. The Kier molecular flexibility index (Phi) is 6.45. The van der Waals surface area contributed by atoms with Crippen LogP contribution in [0.5, 0.6) is 0 Å². The number of aromatic amines is 1. The molecule has 148 valence electrons. The molecule has 1 aliphatic heterocycles. The molecule has 2 amide bonds. The molecule has 0 spiro atoms. The third-order valence-corrected chi connectivity index (χ3v) is 6.08. The first kappa shape index (κ1) is 20.5. The largest absolute Gasteiger partial charge is 0.325 e. The van der Waals surface area contributed by atoms with Gasteiger partial charge in [0, 0.05) is 36.0 Å². The van der Waals surface area contributed by atoms with Gasteiger partial charge in [-0.15, -0.1) is 0 Å². The number of halogens is 2. The third kappa shape index (κ3) is 4.25. The number of carbonyl (C=O) groups is 1. The monoisotopic (exact) mass is 420 g/mol. The summed E-state index contributed by atoms with van der Waals surface area (Å²) < 4.78 is 0. The Balaban J connectivity index is 1.75. The van der Waals surface area contributed by atoms with Crippen molar-refractivity contribution >= 4 is 29.2 Å². The average molecular weight is 421 g/mol. The number of nitriles is 1. The maximum atomic E-state index is 12.7. The van der Waals surface area contributed by atoms with E-state index in [0.717, 1.165) is 31.5 Å². The van der Waals surface area contributed by atoms with Crippen LogP contribution in [-0.4, -0.2) is 59.3 Å². The van der Waals surface area contributed by atoms with Gasteiger partial charge in [-0.05, 0) is 33.0 Å². The van der Waals surface area contributed by atoms with E-state index in [1.807, 2.05) is 0 Å². The van der Waals surface area contributed by atoms with Crippen molar-refractivity contribution in [3.05, 3.63) is 40.1 Å². The number of H-pyrrole nitrogens is 1. The van der Waals surface area contributed by atoms with Gasteiger partial charge < -0.3 is 15.1 Å². The Labute approximate surface area is 174 Å². The summed E-state index contributed by atoms with van der Waals surface area (Å²) in [5.41, 5.74) is 1.96. The van der Waals surface area contributed by atoms with Crippen LogP contribution in [0.1, 0.15) is 24.4 Å². The van der Waals surface area contributed by atoms with Gasteiger partial charge in [0.1, 0.15) is 6.04 Å². The van der Waals surface area contributed by atoms with Crippen molar-refractivity contribution in [1.82, 2.24) is 25.3 Å². The number of hydrogen-bond donors (Lipinski definition) is 2. The van der Waals surface area contributed by atoms with Crippen LogP contribution >= 0.6 is 23.2 Å². The number of rotatable bonds is 4. The van der Waals surface area contributed by atoms with Gasteiger partial charge in [0.05, 0.1) is 22.3 Å². The van der Waals surface area contributed by atoms with Crippen molar-refractivity contribution in [2.75, 3.05) is 27.2 Å². The average Bonchev–Trinajstić information content (AvgIpc) is 3.23. The lowest BCUT2D eigenvalue weighted by molar-refractivity contribution is 0.147. The highest BCUT2D eigenvalue weighted by Crippen LogP contribution is 2.37. The first-order valence-corrected chi connectivity index (χ1v) is 9.76. The number of piperidine rings is 1. The molecule has 1 atom stereocenters. The van der Waals surface area contributed by atoms with Gasteiger partial charge in [-0.2, -0.15) is 10.4 Å². The molecule has 0 radical (unpaired) electrons. The first-order valence-electron chi connectivity index (χ1n) is 9.01. The Morgan fingerprint density at radius 3 is 2.71 bits per heavy atom. The Bertz CT molecular complexity index is 871. The summed E-state index contributed by atoms with van der Waals surface area (Å²) in [6.07, 6.45) is 5.15. The van der Waals surface area contributed by atoms with E-state index in [-0.39, 0.29) is 17.1 Å². The minimum absolute atomic E-state index is 0.151. The molecule has 9 heteroatoms. The Morgan fingerprint density at radius 1 is 1.39 bits per heavy atom. The summed E-state index contributed by atoms with van der Waals surface area (Å²) in [4.78, 5) is 16.6. The molecular weight excluding hydrogens is 399 g/mol. The fourth-order valence-electron chi connectivity index (χ4n) is 3.36. The van der Waals surface area contributed by atoms with Gasteiger partial charge in [0.25, 0.3) is 0 Å². The molecular formula is C19H22Cl2N6O. The van der Waals surface area contributed by atoms with E-state index in [4.69, 9.17) is 23.2 Å². The molecule has 1 aromatic heterocycles. The van der Waals surface area contributed by atoms with Gasteiger partial charge in [-0.25, -0.2) is 4.79 Å². The van der Waals surface area contributed by atoms with Gasteiger partial charge >= 0.3 is 6.03 Å². The summed E-state index contributed by atoms with van der Waals surface area (Å²) in [5.74, 6) is 0. The number of urea groups is 1.